The van der Waals surface area contributed by atoms with E-state index in [2.05, 4.69) is 15.4 Å². The minimum Gasteiger partial charge on any atom is -0.497 e. The SMILES string of the molecule is COc1ccc(-n2nc(C(=O)Nc3cccc(F)c3)nc2-c2ccc(Cl)cc2)cc1. The van der Waals surface area contributed by atoms with Gasteiger partial charge >= 0.3 is 0 Å². The van der Waals surface area contributed by atoms with Gasteiger partial charge in [0.25, 0.3) is 5.91 Å². The predicted octanol–water partition coefficient (Wildman–Crippen LogP) is 4.99. The molecule has 0 bridgehead atoms. The number of benzene rings is 3. The Hall–Kier alpha value is -3.71. The minimum atomic E-state index is -0.553. The van der Waals surface area contributed by atoms with E-state index in [1.807, 2.05) is 0 Å². The van der Waals surface area contributed by atoms with E-state index in [9.17, 15) is 9.18 Å². The van der Waals surface area contributed by atoms with Gasteiger partial charge < -0.3 is 10.1 Å². The first-order valence-corrected chi connectivity index (χ1v) is 9.35. The quantitative estimate of drug-likeness (QED) is 0.492. The molecule has 0 aliphatic heterocycles. The Kier molecular flexibility index (Phi) is 5.45. The number of anilines is 1. The van der Waals surface area contributed by atoms with E-state index >= 15 is 0 Å². The molecule has 8 heteroatoms. The summed E-state index contributed by atoms with van der Waals surface area (Å²) < 4.78 is 20.2. The molecule has 4 aromatic rings. The lowest BCUT2D eigenvalue weighted by molar-refractivity contribution is 0.101. The lowest BCUT2D eigenvalue weighted by Gasteiger charge is -2.07. The standard InChI is InChI=1S/C22H16ClFN4O2/c1-30-19-11-9-18(10-12-19)28-21(14-5-7-15(23)8-6-14)26-20(27-28)22(29)25-17-4-2-3-16(24)13-17/h2-13H,1H3,(H,25,29). The lowest BCUT2D eigenvalue weighted by atomic mass is 10.2. The molecule has 1 amide bonds. The van der Waals surface area contributed by atoms with Gasteiger partial charge in [-0.25, -0.2) is 14.1 Å². The Labute approximate surface area is 176 Å². The molecule has 0 spiro atoms. The van der Waals surface area contributed by atoms with Crippen LogP contribution in [0.2, 0.25) is 5.02 Å². The maximum Gasteiger partial charge on any atom is 0.295 e. The molecule has 150 valence electrons. The van der Waals surface area contributed by atoms with Crippen LogP contribution in [0.15, 0.2) is 72.8 Å². The first kappa shape index (κ1) is 19.6. The molecule has 0 saturated heterocycles. The summed E-state index contributed by atoms with van der Waals surface area (Å²) in [4.78, 5) is 17.1. The van der Waals surface area contributed by atoms with Crippen molar-refractivity contribution in [2.45, 2.75) is 0 Å². The van der Waals surface area contributed by atoms with Crippen molar-refractivity contribution < 1.29 is 13.9 Å². The molecular formula is C22H16ClFN4O2. The monoisotopic (exact) mass is 422 g/mol. The molecule has 0 fully saturated rings. The normalized spacial score (nSPS) is 10.6. The molecule has 0 aliphatic rings. The summed E-state index contributed by atoms with van der Waals surface area (Å²) in [5, 5.41) is 7.57. The van der Waals surface area contributed by atoms with Crippen LogP contribution in [0.5, 0.6) is 5.75 Å². The van der Waals surface area contributed by atoms with Crippen molar-refractivity contribution in [3.05, 3.63) is 89.5 Å². The first-order chi connectivity index (χ1) is 14.5. The summed E-state index contributed by atoms with van der Waals surface area (Å²) in [5.74, 6) is 0.0895. The van der Waals surface area contributed by atoms with Crippen LogP contribution in [-0.2, 0) is 0 Å². The number of nitrogens with one attached hydrogen (secondary N) is 1. The maximum atomic E-state index is 13.4. The molecule has 4 rings (SSSR count). The third-order valence-corrected chi connectivity index (χ3v) is 4.56. The number of methoxy groups -OCH3 is 1. The number of hydrogen-bond acceptors (Lipinski definition) is 4. The second kappa shape index (κ2) is 8.34. The van der Waals surface area contributed by atoms with Gasteiger partial charge in [0.05, 0.1) is 12.8 Å². The van der Waals surface area contributed by atoms with Crippen molar-refractivity contribution in [1.29, 1.82) is 0 Å². The zero-order valence-electron chi connectivity index (χ0n) is 15.8. The smallest absolute Gasteiger partial charge is 0.295 e. The molecule has 3 aromatic carbocycles. The summed E-state index contributed by atoms with van der Waals surface area (Å²) in [6.45, 7) is 0. The van der Waals surface area contributed by atoms with Crippen LogP contribution in [0.4, 0.5) is 10.1 Å². The first-order valence-electron chi connectivity index (χ1n) is 8.98. The number of ether oxygens (including phenoxy) is 1. The van der Waals surface area contributed by atoms with E-state index in [1.165, 1.54) is 18.2 Å². The van der Waals surface area contributed by atoms with E-state index in [1.54, 1.807) is 66.4 Å². The average Bonchev–Trinajstić information content (AvgIpc) is 3.20. The molecule has 6 nitrogen and oxygen atoms in total. The number of hydrogen-bond donors (Lipinski definition) is 1. The second-order valence-electron chi connectivity index (χ2n) is 6.34. The number of halogens is 2. The van der Waals surface area contributed by atoms with Crippen molar-refractivity contribution in [2.75, 3.05) is 12.4 Å². The zero-order chi connectivity index (χ0) is 21.1. The number of amides is 1. The Morgan fingerprint density at radius 2 is 1.80 bits per heavy atom. The summed E-state index contributed by atoms with van der Waals surface area (Å²) >= 11 is 6.00. The molecule has 0 unspecified atom stereocenters. The van der Waals surface area contributed by atoms with Gasteiger partial charge in [-0.2, -0.15) is 0 Å². The lowest BCUT2D eigenvalue weighted by Crippen LogP contribution is -2.14. The number of rotatable bonds is 5. The van der Waals surface area contributed by atoms with E-state index in [-0.39, 0.29) is 5.82 Å². The van der Waals surface area contributed by atoms with Crippen LogP contribution in [0, 0.1) is 5.82 Å². The maximum absolute atomic E-state index is 13.4. The zero-order valence-corrected chi connectivity index (χ0v) is 16.6. The third-order valence-electron chi connectivity index (χ3n) is 4.31. The predicted molar refractivity (Wildman–Crippen MR) is 113 cm³/mol. The number of nitrogens with zero attached hydrogens (tertiary/aromatic N) is 3. The van der Waals surface area contributed by atoms with Crippen molar-refractivity contribution in [2.24, 2.45) is 0 Å². The highest BCUT2D eigenvalue weighted by atomic mass is 35.5. The number of aromatic nitrogens is 3. The summed E-state index contributed by atoms with van der Waals surface area (Å²) in [7, 11) is 1.58. The van der Waals surface area contributed by atoms with Crippen LogP contribution in [-0.4, -0.2) is 27.8 Å². The molecule has 30 heavy (non-hydrogen) atoms. The van der Waals surface area contributed by atoms with Gasteiger partial charge in [0.15, 0.2) is 5.82 Å². The van der Waals surface area contributed by atoms with Crippen molar-refractivity contribution >= 4 is 23.2 Å². The van der Waals surface area contributed by atoms with Gasteiger partial charge in [0.2, 0.25) is 5.82 Å². The number of carbonyl (C=O) groups excluding carboxylic acids is 1. The van der Waals surface area contributed by atoms with Crippen LogP contribution in [0.1, 0.15) is 10.6 Å². The molecule has 0 atom stereocenters. The Morgan fingerprint density at radius 3 is 2.47 bits per heavy atom. The molecule has 1 N–H and O–H groups in total. The van der Waals surface area contributed by atoms with Crippen LogP contribution in [0.25, 0.3) is 17.1 Å². The highest BCUT2D eigenvalue weighted by molar-refractivity contribution is 6.30. The Bertz CT molecular complexity index is 1190. The van der Waals surface area contributed by atoms with Gasteiger partial charge in [0.1, 0.15) is 11.6 Å². The largest absolute Gasteiger partial charge is 0.497 e. The second-order valence-corrected chi connectivity index (χ2v) is 6.78. The molecule has 0 saturated carbocycles. The van der Waals surface area contributed by atoms with Gasteiger partial charge in [-0.3, -0.25) is 4.79 Å². The fraction of sp³-hybridized carbons (Fsp3) is 0.0455. The van der Waals surface area contributed by atoms with Crippen LogP contribution in [0.3, 0.4) is 0 Å². The fourth-order valence-electron chi connectivity index (χ4n) is 2.85. The molecule has 0 aliphatic carbocycles. The van der Waals surface area contributed by atoms with Crippen LogP contribution >= 0.6 is 11.6 Å². The summed E-state index contributed by atoms with van der Waals surface area (Å²) in [6, 6.07) is 19.8. The summed E-state index contributed by atoms with van der Waals surface area (Å²) in [6.07, 6.45) is 0. The third kappa shape index (κ3) is 4.16. The van der Waals surface area contributed by atoms with E-state index in [0.29, 0.717) is 28.0 Å². The fourth-order valence-corrected chi connectivity index (χ4v) is 2.98. The van der Waals surface area contributed by atoms with Gasteiger partial charge in [-0.15, -0.1) is 5.10 Å². The van der Waals surface area contributed by atoms with E-state index in [4.69, 9.17) is 16.3 Å². The van der Waals surface area contributed by atoms with Crippen molar-refractivity contribution in [3.8, 4) is 22.8 Å². The van der Waals surface area contributed by atoms with Crippen LogP contribution < -0.4 is 10.1 Å². The molecule has 1 heterocycles. The minimum absolute atomic E-state index is 0.0555. The Morgan fingerprint density at radius 1 is 1.07 bits per heavy atom. The molecule has 0 radical (unpaired) electrons. The highest BCUT2D eigenvalue weighted by Gasteiger charge is 2.19. The molecule has 1 aromatic heterocycles. The van der Waals surface area contributed by atoms with Gasteiger partial charge in [-0.1, -0.05) is 17.7 Å². The van der Waals surface area contributed by atoms with E-state index < -0.39 is 11.7 Å². The van der Waals surface area contributed by atoms with Gasteiger partial charge in [-0.05, 0) is 66.7 Å². The summed E-state index contributed by atoms with van der Waals surface area (Å²) in [5.41, 5.74) is 1.74. The van der Waals surface area contributed by atoms with Crippen molar-refractivity contribution in [1.82, 2.24) is 14.8 Å². The molecular weight excluding hydrogens is 407 g/mol. The average molecular weight is 423 g/mol. The van der Waals surface area contributed by atoms with E-state index in [0.717, 1.165) is 5.56 Å². The van der Waals surface area contributed by atoms with Gasteiger partial charge in [0, 0.05) is 16.3 Å². The highest BCUT2D eigenvalue weighted by Crippen LogP contribution is 2.24. The van der Waals surface area contributed by atoms with Crippen molar-refractivity contribution in [3.63, 3.8) is 0 Å². The topological polar surface area (TPSA) is 69.0 Å². The Balaban J connectivity index is 1.74. The number of carbonyl (C=O) groups is 1.